The molecule has 2 amide bonds. The zero-order valence-electron chi connectivity index (χ0n) is 12.5. The average Bonchev–Trinajstić information content (AvgIpc) is 3.15. The van der Waals surface area contributed by atoms with Crippen LogP contribution in [-0.2, 0) is 14.3 Å². The van der Waals surface area contributed by atoms with E-state index < -0.39 is 0 Å². The fourth-order valence-corrected chi connectivity index (χ4v) is 3.79. The third-order valence-electron chi connectivity index (χ3n) is 5.03. The maximum atomic E-state index is 12.7. The number of carbonyl (C=O) groups excluding carboxylic acids is 2. The Hall–Kier alpha value is -1.14. The molecule has 3 aliphatic rings. The van der Waals surface area contributed by atoms with Gasteiger partial charge in [0.15, 0.2) is 0 Å². The number of hydrogen-bond donors (Lipinski definition) is 1. The van der Waals surface area contributed by atoms with Crippen molar-refractivity contribution in [2.75, 3.05) is 32.8 Å². The molecule has 1 aliphatic carbocycles. The molecule has 0 bridgehead atoms. The van der Waals surface area contributed by atoms with Gasteiger partial charge in [-0.25, -0.2) is 0 Å². The first kappa shape index (κ1) is 14.8. The van der Waals surface area contributed by atoms with E-state index >= 15 is 0 Å². The predicted octanol–water partition coefficient (Wildman–Crippen LogP) is -0.0364. The molecule has 6 nitrogen and oxygen atoms in total. The van der Waals surface area contributed by atoms with E-state index in [1.165, 1.54) is 0 Å². The standard InChI is InChI=1S/C15H25N3O3/c16-12-4-1-3-11(12)14(19)18-6-2-5-13(18)15(20)17-7-9-21-10-8-17/h11-13H,1-10,16H2. The van der Waals surface area contributed by atoms with Gasteiger partial charge in [-0.15, -0.1) is 0 Å². The van der Waals surface area contributed by atoms with Crippen LogP contribution in [0.5, 0.6) is 0 Å². The van der Waals surface area contributed by atoms with E-state index in [0.29, 0.717) is 32.8 Å². The summed E-state index contributed by atoms with van der Waals surface area (Å²) in [7, 11) is 0. The molecule has 2 heterocycles. The first-order chi connectivity index (χ1) is 10.2. The molecule has 3 unspecified atom stereocenters. The van der Waals surface area contributed by atoms with Crippen LogP contribution < -0.4 is 5.73 Å². The van der Waals surface area contributed by atoms with Crippen molar-refractivity contribution in [2.45, 2.75) is 44.2 Å². The Morgan fingerprint density at radius 2 is 1.71 bits per heavy atom. The molecule has 118 valence electrons. The van der Waals surface area contributed by atoms with Crippen LogP contribution in [0, 0.1) is 5.92 Å². The Morgan fingerprint density at radius 3 is 2.38 bits per heavy atom. The smallest absolute Gasteiger partial charge is 0.245 e. The van der Waals surface area contributed by atoms with Gasteiger partial charge in [-0.05, 0) is 25.7 Å². The lowest BCUT2D eigenvalue weighted by atomic mass is 10.0. The van der Waals surface area contributed by atoms with Gasteiger partial charge in [-0.1, -0.05) is 6.42 Å². The van der Waals surface area contributed by atoms with Crippen molar-refractivity contribution in [1.82, 2.24) is 9.80 Å². The second kappa shape index (κ2) is 6.32. The summed E-state index contributed by atoms with van der Waals surface area (Å²) in [5.74, 6) is 0.114. The highest BCUT2D eigenvalue weighted by Gasteiger charge is 2.41. The van der Waals surface area contributed by atoms with Crippen LogP contribution in [0.25, 0.3) is 0 Å². The van der Waals surface area contributed by atoms with E-state index in [0.717, 1.165) is 32.1 Å². The van der Waals surface area contributed by atoms with Crippen LogP contribution in [0.2, 0.25) is 0 Å². The predicted molar refractivity (Wildman–Crippen MR) is 77.5 cm³/mol. The van der Waals surface area contributed by atoms with E-state index in [2.05, 4.69) is 0 Å². The summed E-state index contributed by atoms with van der Waals surface area (Å²) in [6, 6.07) is -0.305. The Labute approximate surface area is 125 Å². The number of nitrogens with zero attached hydrogens (tertiary/aromatic N) is 2. The number of likely N-dealkylation sites (tertiary alicyclic amines) is 1. The number of rotatable bonds is 2. The first-order valence-electron chi connectivity index (χ1n) is 8.11. The van der Waals surface area contributed by atoms with Gasteiger partial charge in [0.2, 0.25) is 11.8 Å². The van der Waals surface area contributed by atoms with Crippen LogP contribution in [0.15, 0.2) is 0 Å². The van der Waals surface area contributed by atoms with Crippen molar-refractivity contribution >= 4 is 11.8 Å². The number of nitrogens with two attached hydrogens (primary N) is 1. The van der Waals surface area contributed by atoms with Gasteiger partial charge in [0.1, 0.15) is 6.04 Å². The molecule has 3 rings (SSSR count). The minimum absolute atomic E-state index is 0.0303. The quantitative estimate of drug-likeness (QED) is 0.776. The monoisotopic (exact) mass is 295 g/mol. The molecule has 0 spiro atoms. The van der Waals surface area contributed by atoms with Crippen LogP contribution in [0.4, 0.5) is 0 Å². The van der Waals surface area contributed by atoms with Gasteiger partial charge >= 0.3 is 0 Å². The SMILES string of the molecule is NC1CCCC1C(=O)N1CCCC1C(=O)N1CCOCC1. The topological polar surface area (TPSA) is 75.9 Å². The van der Waals surface area contributed by atoms with Crippen LogP contribution >= 0.6 is 0 Å². The third-order valence-corrected chi connectivity index (χ3v) is 5.03. The van der Waals surface area contributed by atoms with Gasteiger partial charge in [-0.3, -0.25) is 9.59 Å². The number of morpholine rings is 1. The number of ether oxygens (including phenoxy) is 1. The highest BCUT2D eigenvalue weighted by atomic mass is 16.5. The Kier molecular flexibility index (Phi) is 4.45. The minimum atomic E-state index is -0.275. The number of carbonyl (C=O) groups is 2. The number of amides is 2. The van der Waals surface area contributed by atoms with E-state index in [4.69, 9.17) is 10.5 Å². The summed E-state index contributed by atoms with van der Waals surface area (Å²) in [5.41, 5.74) is 6.05. The molecule has 0 aromatic heterocycles. The van der Waals surface area contributed by atoms with E-state index in [1.807, 2.05) is 4.90 Å². The van der Waals surface area contributed by atoms with Crippen LogP contribution in [-0.4, -0.2) is 66.5 Å². The zero-order valence-corrected chi connectivity index (χ0v) is 12.5. The van der Waals surface area contributed by atoms with E-state index in [9.17, 15) is 9.59 Å². The van der Waals surface area contributed by atoms with Gasteiger partial charge in [0.25, 0.3) is 0 Å². The lowest BCUT2D eigenvalue weighted by molar-refractivity contribution is -0.148. The largest absolute Gasteiger partial charge is 0.378 e. The molecule has 0 radical (unpaired) electrons. The first-order valence-corrected chi connectivity index (χ1v) is 8.11. The molecule has 0 aromatic rings. The summed E-state index contributed by atoms with van der Waals surface area (Å²) in [5, 5.41) is 0. The lowest BCUT2D eigenvalue weighted by Gasteiger charge is -2.34. The molecule has 3 fully saturated rings. The third kappa shape index (κ3) is 2.92. The van der Waals surface area contributed by atoms with Gasteiger partial charge in [0, 0.05) is 25.7 Å². The summed E-state index contributed by atoms with van der Waals surface area (Å²) in [6.45, 7) is 3.17. The van der Waals surface area contributed by atoms with Gasteiger partial charge in [0.05, 0.1) is 19.1 Å². The molecular formula is C15H25N3O3. The van der Waals surface area contributed by atoms with Crippen molar-refractivity contribution in [1.29, 1.82) is 0 Å². The Morgan fingerprint density at radius 1 is 0.952 bits per heavy atom. The Balaban J connectivity index is 1.67. The van der Waals surface area contributed by atoms with Gasteiger partial charge in [-0.2, -0.15) is 0 Å². The second-order valence-electron chi connectivity index (χ2n) is 6.33. The molecule has 2 N–H and O–H groups in total. The number of hydrogen-bond acceptors (Lipinski definition) is 4. The van der Waals surface area contributed by atoms with Crippen molar-refractivity contribution in [2.24, 2.45) is 11.7 Å². The summed E-state index contributed by atoms with van der Waals surface area (Å²) in [6.07, 6.45) is 4.51. The normalized spacial score (nSPS) is 33.5. The highest BCUT2D eigenvalue weighted by molar-refractivity contribution is 5.89. The zero-order chi connectivity index (χ0) is 14.8. The van der Waals surface area contributed by atoms with E-state index in [-0.39, 0.29) is 29.8 Å². The fraction of sp³-hybridized carbons (Fsp3) is 0.867. The van der Waals surface area contributed by atoms with Gasteiger partial charge < -0.3 is 20.3 Å². The van der Waals surface area contributed by atoms with Crippen LogP contribution in [0.1, 0.15) is 32.1 Å². The molecule has 0 aromatic carbocycles. The molecule has 2 aliphatic heterocycles. The van der Waals surface area contributed by atoms with Crippen molar-refractivity contribution in [3.63, 3.8) is 0 Å². The molecule has 2 saturated heterocycles. The van der Waals surface area contributed by atoms with Crippen molar-refractivity contribution < 1.29 is 14.3 Å². The van der Waals surface area contributed by atoms with Crippen molar-refractivity contribution in [3.05, 3.63) is 0 Å². The molecule has 6 heteroatoms. The summed E-state index contributed by atoms with van der Waals surface area (Å²) >= 11 is 0. The van der Waals surface area contributed by atoms with E-state index in [1.54, 1.807) is 4.90 Å². The van der Waals surface area contributed by atoms with Crippen LogP contribution in [0.3, 0.4) is 0 Å². The maximum absolute atomic E-state index is 12.7. The minimum Gasteiger partial charge on any atom is -0.378 e. The molecular weight excluding hydrogens is 270 g/mol. The maximum Gasteiger partial charge on any atom is 0.245 e. The molecule has 3 atom stereocenters. The Bertz CT molecular complexity index is 409. The van der Waals surface area contributed by atoms with Crippen molar-refractivity contribution in [3.8, 4) is 0 Å². The molecule has 21 heavy (non-hydrogen) atoms. The summed E-state index contributed by atoms with van der Waals surface area (Å²) in [4.78, 5) is 29.0. The molecule has 1 saturated carbocycles. The lowest BCUT2D eigenvalue weighted by Crippen LogP contribution is -2.53. The summed E-state index contributed by atoms with van der Waals surface area (Å²) < 4.78 is 5.29. The second-order valence-corrected chi connectivity index (χ2v) is 6.33. The fourth-order valence-electron chi connectivity index (χ4n) is 3.79. The average molecular weight is 295 g/mol. The highest BCUT2D eigenvalue weighted by Crippen LogP contribution is 2.29.